The second-order valence-corrected chi connectivity index (χ2v) is 21.6. The van der Waals surface area contributed by atoms with Crippen LogP contribution in [0.25, 0.3) is 0 Å². The molecule has 8 rings (SSSR count). The van der Waals surface area contributed by atoms with Crippen molar-refractivity contribution in [1.29, 1.82) is 0 Å². The summed E-state index contributed by atoms with van der Waals surface area (Å²) in [4.78, 5) is 42.5. The van der Waals surface area contributed by atoms with Gasteiger partial charge < -0.3 is 24.4 Å². The molecular weight excluding hydrogens is 959 g/mol. The van der Waals surface area contributed by atoms with Crippen LogP contribution in [-0.4, -0.2) is 87.5 Å². The lowest BCUT2D eigenvalue weighted by molar-refractivity contribution is -0.438. The smallest absolute Gasteiger partial charge is 0.303 e. The van der Waals surface area contributed by atoms with E-state index in [1.54, 1.807) is 24.3 Å². The highest BCUT2D eigenvalue weighted by Crippen LogP contribution is 2.49. The molecule has 0 saturated heterocycles. The number of carboxylic acid groups (broad SMARTS) is 1. The maximum absolute atomic E-state index is 13.1. The van der Waals surface area contributed by atoms with E-state index in [1.165, 1.54) is 29.2 Å². The van der Waals surface area contributed by atoms with Crippen LogP contribution in [0, 0.1) is 0 Å². The van der Waals surface area contributed by atoms with E-state index in [-0.39, 0.29) is 28.5 Å². The van der Waals surface area contributed by atoms with Crippen molar-refractivity contribution in [2.45, 2.75) is 111 Å². The molecule has 0 fully saturated rings. The van der Waals surface area contributed by atoms with Crippen LogP contribution >= 0.6 is 24.7 Å². The highest BCUT2D eigenvalue weighted by atomic mass is 32.2. The van der Waals surface area contributed by atoms with E-state index >= 15 is 0 Å². The zero-order chi connectivity index (χ0) is 51.3. The van der Waals surface area contributed by atoms with Gasteiger partial charge in [-0.25, -0.2) is 0 Å². The van der Waals surface area contributed by atoms with Gasteiger partial charge in [0.15, 0.2) is 5.71 Å². The number of aliphatic carboxylic acids is 1. The SMILES string of the molecule is CC1(C)C(/C=C/C2=C(Oc3ccc(S(=O)(=O)O)cc3)C(=C/C=C3/N(CCCCCC(=O)O)c4ccc(S)cc4C3(C)C)/CCC2)=[N+](CCCCN2C(=O)c3ccccc3C2=O)c2ccc(SO)cc21.CO. The fourth-order valence-electron chi connectivity index (χ4n) is 10.1. The van der Waals surface area contributed by atoms with Crippen molar-refractivity contribution in [3.63, 3.8) is 0 Å². The molecule has 3 heterocycles. The fraction of sp³-hybridized carbons (Fsp3) is 0.345. The highest BCUT2D eigenvalue weighted by molar-refractivity contribution is 7.93. The number of anilines is 1. The van der Waals surface area contributed by atoms with E-state index in [4.69, 9.17) is 9.84 Å². The normalized spacial score (nSPS) is 18.1. The van der Waals surface area contributed by atoms with E-state index in [0.29, 0.717) is 86.4 Å². The monoisotopic (exact) mass is 1020 g/mol. The molecule has 1 aliphatic carbocycles. The van der Waals surface area contributed by atoms with E-state index in [9.17, 15) is 37.0 Å². The van der Waals surface area contributed by atoms with Gasteiger partial charge >= 0.3 is 5.97 Å². The lowest BCUT2D eigenvalue weighted by Gasteiger charge is -2.27. The van der Waals surface area contributed by atoms with Gasteiger partial charge in [-0.1, -0.05) is 38.5 Å². The number of carbonyl (C=O) groups excluding carboxylic acids is 2. The molecule has 71 heavy (non-hydrogen) atoms. The standard InChI is InChI=1S/C54H57N3O9S3.CH4O/c1-53(2)43-33-38(67)22-26-45(43)55(30-9-5-6-17-49(58)59)47(53)28-18-35-13-12-14-36(50(35)66-37-20-24-40(25-21-37)69(63,64)65)19-29-48-54(3,4)44-34-39(68-62)23-27-46(44)56(48)31-10-11-32-57-51(60)41-15-7-8-16-42(41)52(57)61;1-2/h7-8,15-16,18-29,33-34H,5-6,9-14,17,30-32H2,1-4H3,(H3-,58,59,62,63,64,65,67);2H,1H3/p+1. The van der Waals surface area contributed by atoms with Gasteiger partial charge in [0.05, 0.1) is 21.4 Å². The molecule has 4 aromatic carbocycles. The number of fused-ring (bicyclic) bond motifs is 3. The van der Waals surface area contributed by atoms with Gasteiger partial charge in [-0.05, 0) is 148 Å². The van der Waals surface area contributed by atoms with Crippen LogP contribution in [0.15, 0.2) is 147 Å². The molecule has 0 spiro atoms. The van der Waals surface area contributed by atoms with Gasteiger partial charge in [-0.15, -0.1) is 12.6 Å². The molecule has 0 unspecified atom stereocenters. The lowest BCUT2D eigenvalue weighted by Crippen LogP contribution is -2.31. The van der Waals surface area contributed by atoms with Crippen molar-refractivity contribution in [3.05, 3.63) is 154 Å². The number of aliphatic hydroxyl groups excluding tert-OH is 1. The maximum Gasteiger partial charge on any atom is 0.303 e. The van der Waals surface area contributed by atoms with Crippen molar-refractivity contribution >= 4 is 69.7 Å². The summed E-state index contributed by atoms with van der Waals surface area (Å²) in [6.45, 7) is 10.3. The summed E-state index contributed by atoms with van der Waals surface area (Å²) in [5, 5.41) is 16.2. The molecule has 13 nitrogen and oxygen atoms in total. The number of hydrogen-bond acceptors (Lipinski definition) is 11. The number of allylic oxidation sites excluding steroid dienone is 7. The van der Waals surface area contributed by atoms with Gasteiger partial charge in [0.25, 0.3) is 21.9 Å². The maximum atomic E-state index is 13.1. The predicted octanol–water partition coefficient (Wildman–Crippen LogP) is 11.2. The largest absolute Gasteiger partial charge is 0.481 e. The van der Waals surface area contributed by atoms with Crippen molar-refractivity contribution in [2.24, 2.45) is 0 Å². The second-order valence-electron chi connectivity index (χ2n) is 19.0. The Labute approximate surface area is 426 Å². The first-order valence-corrected chi connectivity index (χ1v) is 26.5. The van der Waals surface area contributed by atoms with E-state index in [2.05, 4.69) is 86.2 Å². The summed E-state index contributed by atoms with van der Waals surface area (Å²) in [7, 11) is -3.43. The topological polar surface area (TPSA) is 185 Å². The molecule has 2 amide bonds. The van der Waals surface area contributed by atoms with Gasteiger partial charge in [0.1, 0.15) is 18.1 Å². The Morgan fingerprint density at radius 1 is 0.803 bits per heavy atom. The zero-order valence-corrected chi connectivity index (χ0v) is 43.2. The number of hydrogen-bond donors (Lipinski definition) is 5. The zero-order valence-electron chi connectivity index (χ0n) is 40.7. The number of amides is 2. The summed E-state index contributed by atoms with van der Waals surface area (Å²) in [5.41, 5.74) is 8.29. The van der Waals surface area contributed by atoms with Crippen LogP contribution in [0.1, 0.15) is 117 Å². The molecule has 4 aromatic rings. The van der Waals surface area contributed by atoms with Gasteiger partial charge in [0, 0.05) is 89.4 Å². The molecule has 0 saturated carbocycles. The number of unbranched alkanes of at least 4 members (excludes halogenated alkanes) is 3. The molecular formula is C55H62N3O10S3+. The van der Waals surface area contributed by atoms with Crippen LogP contribution in [0.2, 0.25) is 0 Å². The highest BCUT2D eigenvalue weighted by Gasteiger charge is 2.45. The number of ether oxygens (including phenoxy) is 1. The first-order chi connectivity index (χ1) is 33.9. The number of benzene rings is 4. The van der Waals surface area contributed by atoms with Gasteiger partial charge in [0.2, 0.25) is 5.69 Å². The second kappa shape index (κ2) is 22.3. The summed E-state index contributed by atoms with van der Waals surface area (Å²) in [6, 6.07) is 24.8. The number of carbonyl (C=O) groups is 3. The quantitative estimate of drug-likeness (QED) is 0.0159. The third kappa shape index (κ3) is 11.3. The first-order valence-electron chi connectivity index (χ1n) is 23.8. The third-order valence-corrected chi connectivity index (χ3v) is 15.3. The van der Waals surface area contributed by atoms with E-state index in [1.807, 2.05) is 24.3 Å². The number of carboxylic acids is 1. The van der Waals surface area contributed by atoms with Crippen LogP contribution in [-0.2, 0) is 25.7 Å². The van der Waals surface area contributed by atoms with E-state index < -0.39 is 21.5 Å². The minimum Gasteiger partial charge on any atom is -0.481 e. The van der Waals surface area contributed by atoms with Crippen LogP contribution in [0.4, 0.5) is 11.4 Å². The van der Waals surface area contributed by atoms with Gasteiger partial charge in [-0.2, -0.15) is 13.0 Å². The van der Waals surface area contributed by atoms with Crippen molar-refractivity contribution < 1.29 is 51.4 Å². The Balaban J connectivity index is 0.00000366. The van der Waals surface area contributed by atoms with Crippen LogP contribution in [0.5, 0.6) is 5.75 Å². The minimum atomic E-state index is -4.43. The Morgan fingerprint density at radius 3 is 2.14 bits per heavy atom. The van der Waals surface area contributed by atoms with Crippen LogP contribution in [0.3, 0.4) is 0 Å². The van der Waals surface area contributed by atoms with Crippen molar-refractivity contribution in [2.75, 3.05) is 31.6 Å². The number of aliphatic hydroxyl groups is 1. The Morgan fingerprint density at radius 2 is 1.48 bits per heavy atom. The molecule has 4 aliphatic rings. The summed E-state index contributed by atoms with van der Waals surface area (Å²) in [5.74, 6) is -0.290. The average molecular weight is 1020 g/mol. The predicted molar refractivity (Wildman–Crippen MR) is 280 cm³/mol. The molecule has 374 valence electrons. The lowest BCUT2D eigenvalue weighted by atomic mass is 9.81. The Bertz CT molecular complexity index is 2950. The molecule has 0 bridgehead atoms. The summed E-state index contributed by atoms with van der Waals surface area (Å²) >= 11 is 5.39. The average Bonchev–Trinajstić information content (AvgIpc) is 3.81. The van der Waals surface area contributed by atoms with Crippen molar-refractivity contribution in [1.82, 2.24) is 4.90 Å². The number of rotatable bonds is 18. The molecule has 16 heteroatoms. The molecule has 0 radical (unpaired) electrons. The van der Waals surface area contributed by atoms with Crippen LogP contribution < -0.4 is 9.64 Å². The summed E-state index contributed by atoms with van der Waals surface area (Å²) in [6.07, 6.45) is 14.4. The van der Waals surface area contributed by atoms with E-state index in [0.717, 1.165) is 81.2 Å². The minimum absolute atomic E-state index is 0.136. The molecule has 0 aromatic heterocycles. The Hall–Kier alpha value is -5.75. The Kier molecular flexibility index (Phi) is 16.7. The van der Waals surface area contributed by atoms with Gasteiger partial charge in [-0.3, -0.25) is 23.8 Å². The molecule has 0 atom stereocenters. The number of nitrogens with zero attached hydrogens (tertiary/aromatic N) is 3. The van der Waals surface area contributed by atoms with Crippen molar-refractivity contribution in [3.8, 4) is 5.75 Å². The molecule has 3 aliphatic heterocycles. The number of thiol groups is 1. The summed E-state index contributed by atoms with van der Waals surface area (Å²) < 4.78 is 52.8. The first kappa shape index (κ1) is 53.1. The number of imide groups is 1. The third-order valence-electron chi connectivity index (χ3n) is 13.7. The fourth-order valence-corrected chi connectivity index (χ4v) is 11.1. The molecule has 4 N–H and O–H groups in total.